The second-order valence-electron chi connectivity index (χ2n) is 6.26. The number of methoxy groups -OCH3 is 1. The van der Waals surface area contributed by atoms with E-state index in [9.17, 15) is 4.79 Å². The van der Waals surface area contributed by atoms with E-state index in [1.807, 2.05) is 20.8 Å². The summed E-state index contributed by atoms with van der Waals surface area (Å²) in [4.78, 5) is 13.9. The molecule has 112 valence electrons. The lowest BCUT2D eigenvalue weighted by atomic mass is 9.97. The molecular formula is C14H23N3O3. The Bertz CT molecular complexity index is 464. The van der Waals surface area contributed by atoms with Crippen LogP contribution in [0.4, 0.5) is 0 Å². The number of nitrogens with zero attached hydrogens (tertiary/aromatic N) is 3. The number of likely N-dealkylation sites (tertiary alicyclic amines) is 1. The molecule has 1 fully saturated rings. The lowest BCUT2D eigenvalue weighted by molar-refractivity contribution is -0.148. The number of carbonyl (C=O) groups is 1. The quantitative estimate of drug-likeness (QED) is 0.788. The van der Waals surface area contributed by atoms with Gasteiger partial charge in [0.25, 0.3) is 0 Å². The van der Waals surface area contributed by atoms with E-state index in [-0.39, 0.29) is 17.4 Å². The Kier molecular flexibility index (Phi) is 4.42. The Labute approximate surface area is 119 Å². The lowest BCUT2D eigenvalue weighted by Crippen LogP contribution is -2.44. The molecule has 1 aliphatic heterocycles. The van der Waals surface area contributed by atoms with Crippen LogP contribution in [0.5, 0.6) is 0 Å². The summed E-state index contributed by atoms with van der Waals surface area (Å²) in [6, 6.07) is -0.196. The van der Waals surface area contributed by atoms with E-state index in [1.54, 1.807) is 0 Å². The zero-order valence-electron chi connectivity index (χ0n) is 12.7. The Morgan fingerprint density at radius 1 is 1.40 bits per heavy atom. The average Bonchev–Trinajstić information content (AvgIpc) is 2.87. The molecule has 0 saturated carbocycles. The minimum atomic E-state index is -0.196. The minimum Gasteiger partial charge on any atom is -0.468 e. The third-order valence-electron chi connectivity index (χ3n) is 3.53. The van der Waals surface area contributed by atoms with Crippen LogP contribution in [-0.2, 0) is 21.5 Å². The summed E-state index contributed by atoms with van der Waals surface area (Å²) < 4.78 is 10.6. The fourth-order valence-corrected chi connectivity index (χ4v) is 2.38. The first-order chi connectivity index (χ1) is 9.41. The summed E-state index contributed by atoms with van der Waals surface area (Å²) in [5.74, 6) is 1.00. The number of carbonyl (C=O) groups excluding carboxylic acids is 1. The van der Waals surface area contributed by atoms with Gasteiger partial charge in [0.15, 0.2) is 0 Å². The highest BCUT2D eigenvalue weighted by atomic mass is 16.5. The monoisotopic (exact) mass is 281 g/mol. The molecule has 0 aliphatic carbocycles. The topological polar surface area (TPSA) is 68.5 Å². The third kappa shape index (κ3) is 3.36. The second-order valence-corrected chi connectivity index (χ2v) is 6.26. The minimum absolute atomic E-state index is 0.158. The van der Waals surface area contributed by atoms with Crippen molar-refractivity contribution in [2.24, 2.45) is 0 Å². The van der Waals surface area contributed by atoms with Crippen LogP contribution >= 0.6 is 0 Å². The Morgan fingerprint density at radius 2 is 2.15 bits per heavy atom. The zero-order chi connectivity index (χ0) is 14.8. The number of esters is 1. The second kappa shape index (κ2) is 5.91. The Balaban J connectivity index is 2.07. The van der Waals surface area contributed by atoms with E-state index >= 15 is 0 Å². The molecule has 0 radical (unpaired) electrons. The third-order valence-corrected chi connectivity index (χ3v) is 3.53. The van der Waals surface area contributed by atoms with Gasteiger partial charge in [-0.2, -0.15) is 0 Å². The number of piperidine rings is 1. The molecule has 0 unspecified atom stereocenters. The van der Waals surface area contributed by atoms with Crippen molar-refractivity contribution in [2.45, 2.75) is 58.0 Å². The van der Waals surface area contributed by atoms with Crippen LogP contribution < -0.4 is 0 Å². The normalized spacial score (nSPS) is 20.9. The summed E-state index contributed by atoms with van der Waals surface area (Å²) in [7, 11) is 1.43. The van der Waals surface area contributed by atoms with Crippen molar-refractivity contribution in [1.29, 1.82) is 0 Å². The van der Waals surface area contributed by atoms with E-state index in [0.717, 1.165) is 25.8 Å². The van der Waals surface area contributed by atoms with Gasteiger partial charge in [0.1, 0.15) is 6.04 Å². The molecule has 6 nitrogen and oxygen atoms in total. The van der Waals surface area contributed by atoms with Crippen LogP contribution in [0.3, 0.4) is 0 Å². The summed E-state index contributed by atoms with van der Waals surface area (Å²) in [5, 5.41) is 8.17. The SMILES string of the molecule is COC(=O)[C@H]1CCCCN1Cc1nnc(C(C)(C)C)o1. The smallest absolute Gasteiger partial charge is 0.323 e. The lowest BCUT2D eigenvalue weighted by Gasteiger charge is -2.32. The summed E-state index contributed by atoms with van der Waals surface area (Å²) >= 11 is 0. The largest absolute Gasteiger partial charge is 0.468 e. The zero-order valence-corrected chi connectivity index (χ0v) is 12.7. The van der Waals surface area contributed by atoms with Gasteiger partial charge in [-0.25, -0.2) is 0 Å². The molecule has 1 aliphatic rings. The number of aromatic nitrogens is 2. The molecule has 1 saturated heterocycles. The maximum atomic E-state index is 11.8. The molecule has 0 bridgehead atoms. The standard InChI is InChI=1S/C14H23N3O3/c1-14(2,3)13-16-15-11(20-13)9-17-8-6-5-7-10(17)12(18)19-4/h10H,5-9H2,1-4H3/t10-/m1/s1. The molecule has 0 amide bonds. The predicted octanol–water partition coefficient (Wildman–Crippen LogP) is 1.89. The first-order valence-corrected chi connectivity index (χ1v) is 7.06. The molecular weight excluding hydrogens is 258 g/mol. The molecule has 0 aromatic carbocycles. The van der Waals surface area contributed by atoms with E-state index in [4.69, 9.17) is 9.15 Å². The molecule has 2 rings (SSSR count). The highest BCUT2D eigenvalue weighted by Gasteiger charge is 2.31. The molecule has 1 atom stereocenters. The number of hydrogen-bond acceptors (Lipinski definition) is 6. The average molecular weight is 281 g/mol. The molecule has 6 heteroatoms. The summed E-state index contributed by atoms with van der Waals surface area (Å²) in [6.07, 6.45) is 2.95. The van der Waals surface area contributed by atoms with Gasteiger partial charge in [-0.15, -0.1) is 10.2 Å². The van der Waals surface area contributed by atoms with Gasteiger partial charge in [-0.05, 0) is 19.4 Å². The van der Waals surface area contributed by atoms with Gasteiger partial charge in [-0.1, -0.05) is 27.2 Å². The van der Waals surface area contributed by atoms with Crippen molar-refractivity contribution in [3.63, 3.8) is 0 Å². The Morgan fingerprint density at radius 3 is 2.75 bits per heavy atom. The van der Waals surface area contributed by atoms with Crippen molar-refractivity contribution >= 4 is 5.97 Å². The van der Waals surface area contributed by atoms with Crippen LogP contribution in [0.15, 0.2) is 4.42 Å². The van der Waals surface area contributed by atoms with Crippen molar-refractivity contribution in [1.82, 2.24) is 15.1 Å². The number of rotatable bonds is 3. The first-order valence-electron chi connectivity index (χ1n) is 7.06. The number of hydrogen-bond donors (Lipinski definition) is 0. The van der Waals surface area contributed by atoms with Crippen molar-refractivity contribution in [3.05, 3.63) is 11.8 Å². The van der Waals surface area contributed by atoms with Gasteiger partial charge >= 0.3 is 5.97 Å². The van der Waals surface area contributed by atoms with Crippen molar-refractivity contribution < 1.29 is 13.9 Å². The van der Waals surface area contributed by atoms with Gasteiger partial charge < -0.3 is 9.15 Å². The first kappa shape index (κ1) is 15.0. The van der Waals surface area contributed by atoms with Gasteiger partial charge in [0, 0.05) is 5.41 Å². The number of ether oxygens (including phenoxy) is 1. The van der Waals surface area contributed by atoms with Crippen LogP contribution in [-0.4, -0.2) is 40.8 Å². The Hall–Kier alpha value is -1.43. The van der Waals surface area contributed by atoms with Gasteiger partial charge in [0.2, 0.25) is 11.8 Å². The van der Waals surface area contributed by atoms with Crippen LogP contribution in [0.2, 0.25) is 0 Å². The predicted molar refractivity (Wildman–Crippen MR) is 73.1 cm³/mol. The van der Waals surface area contributed by atoms with Crippen molar-refractivity contribution in [2.75, 3.05) is 13.7 Å². The van der Waals surface area contributed by atoms with Crippen LogP contribution in [0.1, 0.15) is 51.8 Å². The fraction of sp³-hybridized carbons (Fsp3) is 0.786. The molecule has 1 aromatic heterocycles. The highest BCUT2D eigenvalue weighted by Crippen LogP contribution is 2.23. The summed E-state index contributed by atoms with van der Waals surface area (Å²) in [5.41, 5.74) is -0.158. The van der Waals surface area contributed by atoms with Gasteiger partial charge in [0.05, 0.1) is 13.7 Å². The van der Waals surface area contributed by atoms with E-state index < -0.39 is 0 Å². The van der Waals surface area contributed by atoms with Crippen LogP contribution in [0, 0.1) is 0 Å². The van der Waals surface area contributed by atoms with E-state index in [0.29, 0.717) is 18.3 Å². The molecule has 20 heavy (non-hydrogen) atoms. The van der Waals surface area contributed by atoms with E-state index in [1.165, 1.54) is 7.11 Å². The van der Waals surface area contributed by atoms with E-state index in [2.05, 4.69) is 15.1 Å². The molecule has 2 heterocycles. The summed E-state index contributed by atoms with van der Waals surface area (Å²) in [6.45, 7) is 7.45. The maximum absolute atomic E-state index is 11.8. The molecule has 0 spiro atoms. The van der Waals surface area contributed by atoms with Gasteiger partial charge in [-0.3, -0.25) is 9.69 Å². The molecule has 0 N–H and O–H groups in total. The highest BCUT2D eigenvalue weighted by molar-refractivity contribution is 5.75. The van der Waals surface area contributed by atoms with Crippen LogP contribution in [0.25, 0.3) is 0 Å². The van der Waals surface area contributed by atoms with Crippen molar-refractivity contribution in [3.8, 4) is 0 Å². The molecule has 1 aromatic rings. The fourth-order valence-electron chi connectivity index (χ4n) is 2.38. The maximum Gasteiger partial charge on any atom is 0.323 e.